The van der Waals surface area contributed by atoms with Gasteiger partial charge in [0.25, 0.3) is 0 Å². The standard InChI is InChI=1S/C10H14.C2H6O2/c1-3-9(2)10-7-5-4-6-8-10;1-2-4-3/h4-9H,3H2,1-2H3;3H,2H2,1H3. The highest BCUT2D eigenvalue weighted by molar-refractivity contribution is 5.18. The molecule has 0 aliphatic rings. The summed E-state index contributed by atoms with van der Waals surface area (Å²) >= 11 is 0. The van der Waals surface area contributed by atoms with E-state index in [1.807, 2.05) is 0 Å². The Kier molecular flexibility index (Phi) is 8.19. The molecule has 0 heterocycles. The lowest BCUT2D eigenvalue weighted by atomic mass is 9.99. The minimum Gasteiger partial charge on any atom is -0.252 e. The fourth-order valence-corrected chi connectivity index (χ4v) is 1.02. The van der Waals surface area contributed by atoms with Crippen molar-refractivity contribution in [2.75, 3.05) is 6.61 Å². The van der Waals surface area contributed by atoms with Crippen LogP contribution in [0, 0.1) is 0 Å². The van der Waals surface area contributed by atoms with Gasteiger partial charge in [0.05, 0.1) is 6.61 Å². The molecule has 1 N–H and O–H groups in total. The summed E-state index contributed by atoms with van der Waals surface area (Å²) in [4.78, 5) is 3.54. The lowest BCUT2D eigenvalue weighted by Gasteiger charge is -2.06. The van der Waals surface area contributed by atoms with E-state index in [4.69, 9.17) is 5.26 Å². The molecule has 0 fully saturated rings. The molecule has 0 aliphatic heterocycles. The van der Waals surface area contributed by atoms with Crippen molar-refractivity contribution in [3.63, 3.8) is 0 Å². The summed E-state index contributed by atoms with van der Waals surface area (Å²) in [6.45, 7) is 6.56. The highest BCUT2D eigenvalue weighted by atomic mass is 17.1. The Bertz CT molecular complexity index is 207. The maximum Gasteiger partial charge on any atom is 0.0791 e. The van der Waals surface area contributed by atoms with Crippen LogP contribution < -0.4 is 0 Å². The molecule has 0 saturated heterocycles. The number of benzene rings is 1. The average Bonchev–Trinajstić information content (AvgIpc) is 2.29. The van der Waals surface area contributed by atoms with Crippen molar-refractivity contribution >= 4 is 0 Å². The molecule has 0 amide bonds. The molecule has 0 aliphatic carbocycles. The van der Waals surface area contributed by atoms with E-state index < -0.39 is 0 Å². The predicted molar refractivity (Wildman–Crippen MR) is 59.4 cm³/mol. The summed E-state index contributed by atoms with van der Waals surface area (Å²) < 4.78 is 0. The van der Waals surface area contributed by atoms with Gasteiger partial charge in [-0.05, 0) is 24.8 Å². The summed E-state index contributed by atoms with van der Waals surface area (Å²) in [5.74, 6) is 0.709. The lowest BCUT2D eigenvalue weighted by Crippen LogP contribution is -1.88. The van der Waals surface area contributed by atoms with E-state index in [1.54, 1.807) is 6.92 Å². The van der Waals surface area contributed by atoms with E-state index in [0.29, 0.717) is 12.5 Å². The molecule has 2 nitrogen and oxygen atoms in total. The minimum atomic E-state index is 0.375. The zero-order chi connectivity index (χ0) is 10.8. The van der Waals surface area contributed by atoms with Crippen molar-refractivity contribution in [1.29, 1.82) is 0 Å². The summed E-state index contributed by atoms with van der Waals surface area (Å²) in [5.41, 5.74) is 1.45. The van der Waals surface area contributed by atoms with Crippen LogP contribution in [-0.4, -0.2) is 11.9 Å². The van der Waals surface area contributed by atoms with Crippen LogP contribution in [0.3, 0.4) is 0 Å². The van der Waals surface area contributed by atoms with Gasteiger partial charge in [0.2, 0.25) is 0 Å². The minimum absolute atomic E-state index is 0.375. The van der Waals surface area contributed by atoms with Gasteiger partial charge in [0, 0.05) is 0 Å². The van der Waals surface area contributed by atoms with E-state index in [0.717, 1.165) is 0 Å². The molecular weight excluding hydrogens is 176 g/mol. The maximum atomic E-state index is 7.38. The molecule has 1 rings (SSSR count). The van der Waals surface area contributed by atoms with Crippen LogP contribution in [-0.2, 0) is 4.89 Å². The van der Waals surface area contributed by atoms with Crippen LogP contribution in [0.1, 0.15) is 38.7 Å². The van der Waals surface area contributed by atoms with Gasteiger partial charge in [-0.15, -0.1) is 0 Å². The second-order valence-electron chi connectivity index (χ2n) is 3.14. The Hall–Kier alpha value is -0.860. The van der Waals surface area contributed by atoms with Gasteiger partial charge in [0.15, 0.2) is 0 Å². The number of hydrogen-bond acceptors (Lipinski definition) is 2. The van der Waals surface area contributed by atoms with Crippen molar-refractivity contribution in [3.05, 3.63) is 35.9 Å². The molecule has 0 aromatic heterocycles. The van der Waals surface area contributed by atoms with E-state index in [1.165, 1.54) is 12.0 Å². The summed E-state index contributed by atoms with van der Waals surface area (Å²) in [7, 11) is 0. The van der Waals surface area contributed by atoms with Crippen molar-refractivity contribution in [3.8, 4) is 0 Å². The monoisotopic (exact) mass is 196 g/mol. The molecule has 0 bridgehead atoms. The zero-order valence-corrected chi connectivity index (χ0v) is 9.23. The molecule has 14 heavy (non-hydrogen) atoms. The van der Waals surface area contributed by atoms with Crippen LogP contribution in [0.5, 0.6) is 0 Å². The van der Waals surface area contributed by atoms with Crippen molar-refractivity contribution < 1.29 is 10.1 Å². The third-order valence-corrected chi connectivity index (χ3v) is 2.11. The quantitative estimate of drug-likeness (QED) is 0.590. The fraction of sp³-hybridized carbons (Fsp3) is 0.500. The Morgan fingerprint density at radius 2 is 1.71 bits per heavy atom. The summed E-state index contributed by atoms with van der Waals surface area (Å²) in [5, 5.41) is 7.38. The Morgan fingerprint density at radius 1 is 1.21 bits per heavy atom. The largest absolute Gasteiger partial charge is 0.252 e. The van der Waals surface area contributed by atoms with E-state index in [2.05, 4.69) is 49.1 Å². The first-order valence-corrected chi connectivity index (χ1v) is 5.07. The molecular formula is C12H20O2. The average molecular weight is 196 g/mol. The fourth-order valence-electron chi connectivity index (χ4n) is 1.02. The van der Waals surface area contributed by atoms with Gasteiger partial charge in [-0.25, -0.2) is 4.89 Å². The van der Waals surface area contributed by atoms with Crippen molar-refractivity contribution in [1.82, 2.24) is 0 Å². The molecule has 1 unspecified atom stereocenters. The molecule has 1 aromatic carbocycles. The summed E-state index contributed by atoms with van der Waals surface area (Å²) in [6.07, 6.45) is 1.23. The normalized spacial score (nSPS) is 11.4. The Balaban J connectivity index is 0.000000364. The second-order valence-corrected chi connectivity index (χ2v) is 3.14. The SMILES string of the molecule is CCC(C)c1ccccc1.CCOO. The maximum absolute atomic E-state index is 7.38. The molecule has 0 saturated carbocycles. The van der Waals surface area contributed by atoms with Crippen LogP contribution >= 0.6 is 0 Å². The Morgan fingerprint density at radius 3 is 2.07 bits per heavy atom. The molecule has 80 valence electrons. The smallest absolute Gasteiger partial charge is 0.0791 e. The topological polar surface area (TPSA) is 29.5 Å². The highest BCUT2D eigenvalue weighted by Crippen LogP contribution is 2.16. The molecule has 1 atom stereocenters. The van der Waals surface area contributed by atoms with Crippen LogP contribution in [0.4, 0.5) is 0 Å². The van der Waals surface area contributed by atoms with Gasteiger partial charge >= 0.3 is 0 Å². The zero-order valence-electron chi connectivity index (χ0n) is 9.23. The van der Waals surface area contributed by atoms with E-state index >= 15 is 0 Å². The Labute approximate surface area is 86.5 Å². The first kappa shape index (κ1) is 13.1. The van der Waals surface area contributed by atoms with E-state index in [9.17, 15) is 0 Å². The molecule has 0 spiro atoms. The third kappa shape index (κ3) is 5.73. The third-order valence-electron chi connectivity index (χ3n) is 2.11. The van der Waals surface area contributed by atoms with Gasteiger partial charge < -0.3 is 0 Å². The van der Waals surface area contributed by atoms with Crippen LogP contribution in [0.2, 0.25) is 0 Å². The first-order chi connectivity index (χ1) is 6.76. The van der Waals surface area contributed by atoms with Gasteiger partial charge in [0.1, 0.15) is 0 Å². The second kappa shape index (κ2) is 8.73. The van der Waals surface area contributed by atoms with Crippen LogP contribution in [0.15, 0.2) is 30.3 Å². The number of rotatable bonds is 3. The molecule has 0 radical (unpaired) electrons. The van der Waals surface area contributed by atoms with Gasteiger partial charge in [-0.3, -0.25) is 5.26 Å². The van der Waals surface area contributed by atoms with Gasteiger partial charge in [-0.2, -0.15) is 0 Å². The molecule has 1 aromatic rings. The molecule has 2 heteroatoms. The number of hydrogen-bond donors (Lipinski definition) is 1. The van der Waals surface area contributed by atoms with E-state index in [-0.39, 0.29) is 0 Å². The van der Waals surface area contributed by atoms with Gasteiger partial charge in [-0.1, -0.05) is 44.2 Å². The van der Waals surface area contributed by atoms with Crippen molar-refractivity contribution in [2.24, 2.45) is 0 Å². The summed E-state index contributed by atoms with van der Waals surface area (Å²) in [6, 6.07) is 10.6. The predicted octanol–water partition coefficient (Wildman–Crippen LogP) is 3.70. The first-order valence-electron chi connectivity index (χ1n) is 5.07. The van der Waals surface area contributed by atoms with Crippen LogP contribution in [0.25, 0.3) is 0 Å². The highest BCUT2D eigenvalue weighted by Gasteiger charge is 1.98. The van der Waals surface area contributed by atoms with Crippen molar-refractivity contribution in [2.45, 2.75) is 33.1 Å². The lowest BCUT2D eigenvalue weighted by molar-refractivity contribution is -0.237.